The molecule has 0 bridgehead atoms. The van der Waals surface area contributed by atoms with Gasteiger partial charge < -0.3 is 5.32 Å². The van der Waals surface area contributed by atoms with E-state index in [2.05, 4.69) is 46.0 Å². The average Bonchev–Trinajstić information content (AvgIpc) is 2.91. The quantitative estimate of drug-likeness (QED) is 0.877. The zero-order chi connectivity index (χ0) is 13.7. The summed E-state index contributed by atoms with van der Waals surface area (Å²) >= 11 is 1.83. The van der Waals surface area contributed by atoms with Gasteiger partial charge in [-0.15, -0.1) is 11.3 Å². The summed E-state index contributed by atoms with van der Waals surface area (Å²) < 4.78 is 0. The number of aryl methyl sites for hydroxylation is 3. The van der Waals surface area contributed by atoms with E-state index < -0.39 is 0 Å². The first-order valence-electron chi connectivity index (χ1n) is 6.77. The summed E-state index contributed by atoms with van der Waals surface area (Å²) in [6.45, 7) is 7.15. The van der Waals surface area contributed by atoms with E-state index in [4.69, 9.17) is 0 Å². The summed E-state index contributed by atoms with van der Waals surface area (Å²) in [7, 11) is 0. The van der Waals surface area contributed by atoms with Crippen LogP contribution in [0.5, 0.6) is 0 Å². The second-order valence-corrected chi connectivity index (χ2v) is 5.79. The zero-order valence-electron chi connectivity index (χ0n) is 11.8. The number of rotatable bonds is 6. The highest BCUT2D eigenvalue weighted by Crippen LogP contribution is 2.23. The van der Waals surface area contributed by atoms with Crippen molar-refractivity contribution in [1.82, 2.24) is 15.5 Å². The molecule has 1 N–H and O–H groups in total. The molecule has 19 heavy (non-hydrogen) atoms. The van der Waals surface area contributed by atoms with Gasteiger partial charge in [0.25, 0.3) is 0 Å². The highest BCUT2D eigenvalue weighted by molar-refractivity contribution is 7.09. The van der Waals surface area contributed by atoms with Crippen molar-refractivity contribution in [3.63, 3.8) is 0 Å². The molecule has 0 fully saturated rings. The first-order chi connectivity index (χ1) is 9.20. The number of nitrogens with one attached hydrogen (secondary N) is 1. The van der Waals surface area contributed by atoms with E-state index >= 15 is 0 Å². The van der Waals surface area contributed by atoms with Crippen molar-refractivity contribution in [3.8, 4) is 0 Å². The molecule has 2 rings (SSSR count). The third-order valence-electron chi connectivity index (χ3n) is 3.23. The monoisotopic (exact) mass is 275 g/mol. The second kappa shape index (κ2) is 6.78. The Hall–Kier alpha value is -1.26. The van der Waals surface area contributed by atoms with Crippen molar-refractivity contribution < 1.29 is 0 Å². The third-order valence-corrected chi connectivity index (χ3v) is 4.16. The molecule has 0 spiro atoms. The van der Waals surface area contributed by atoms with Crippen LogP contribution < -0.4 is 5.32 Å². The summed E-state index contributed by atoms with van der Waals surface area (Å²) in [4.78, 5) is 1.44. The fraction of sp³-hybridized carbons (Fsp3) is 0.467. The van der Waals surface area contributed by atoms with Crippen LogP contribution in [0.2, 0.25) is 0 Å². The van der Waals surface area contributed by atoms with E-state index in [-0.39, 0.29) is 0 Å². The average molecular weight is 275 g/mol. The maximum atomic E-state index is 4.24. The minimum atomic E-state index is 0.362. The van der Waals surface area contributed by atoms with Crippen molar-refractivity contribution in [2.45, 2.75) is 39.7 Å². The van der Waals surface area contributed by atoms with Crippen molar-refractivity contribution in [1.29, 1.82) is 0 Å². The Kier molecular flexibility index (Phi) is 5.05. The summed E-state index contributed by atoms with van der Waals surface area (Å²) in [6, 6.07) is 6.84. The summed E-state index contributed by atoms with van der Waals surface area (Å²) in [5.74, 6) is 0. The molecule has 2 aromatic heterocycles. The van der Waals surface area contributed by atoms with Crippen LogP contribution in [0.15, 0.2) is 23.6 Å². The molecule has 1 unspecified atom stereocenters. The maximum Gasteiger partial charge on any atom is 0.0648 e. The lowest BCUT2D eigenvalue weighted by atomic mass is 10.00. The first-order valence-corrected chi connectivity index (χ1v) is 7.65. The molecule has 0 saturated heterocycles. The SMILES string of the molecule is CCNC(CCc1cccs1)c1cc(C)nnc1C. The normalized spacial score (nSPS) is 12.6. The Morgan fingerprint density at radius 3 is 2.84 bits per heavy atom. The van der Waals surface area contributed by atoms with E-state index in [1.165, 1.54) is 10.4 Å². The lowest BCUT2D eigenvalue weighted by molar-refractivity contribution is 0.511. The molecule has 0 aromatic carbocycles. The smallest absolute Gasteiger partial charge is 0.0648 e. The Bertz CT molecular complexity index is 508. The van der Waals surface area contributed by atoms with Crippen LogP contribution in [0.3, 0.4) is 0 Å². The van der Waals surface area contributed by atoms with Gasteiger partial charge in [0.05, 0.1) is 11.4 Å². The molecular weight excluding hydrogens is 254 g/mol. The van der Waals surface area contributed by atoms with Crippen LogP contribution in [0.4, 0.5) is 0 Å². The molecule has 3 nitrogen and oxygen atoms in total. The van der Waals surface area contributed by atoms with Gasteiger partial charge in [-0.05, 0) is 56.3 Å². The first kappa shape index (κ1) is 14.2. The summed E-state index contributed by atoms with van der Waals surface area (Å²) in [5, 5.41) is 14.1. The highest BCUT2D eigenvalue weighted by Gasteiger charge is 2.14. The number of thiophene rings is 1. The molecular formula is C15H21N3S. The molecule has 0 radical (unpaired) electrons. The van der Waals surface area contributed by atoms with Crippen LogP contribution in [0.1, 0.15) is 41.2 Å². The molecule has 0 amide bonds. The van der Waals surface area contributed by atoms with Gasteiger partial charge in [0.1, 0.15) is 0 Å². The number of hydrogen-bond donors (Lipinski definition) is 1. The van der Waals surface area contributed by atoms with E-state index in [9.17, 15) is 0 Å². The van der Waals surface area contributed by atoms with Crippen molar-refractivity contribution >= 4 is 11.3 Å². The topological polar surface area (TPSA) is 37.8 Å². The molecule has 0 aliphatic heterocycles. The number of hydrogen-bond acceptors (Lipinski definition) is 4. The van der Waals surface area contributed by atoms with Crippen molar-refractivity contribution in [3.05, 3.63) is 45.4 Å². The van der Waals surface area contributed by atoms with Gasteiger partial charge in [-0.1, -0.05) is 13.0 Å². The van der Waals surface area contributed by atoms with E-state index in [0.717, 1.165) is 30.8 Å². The predicted octanol–water partition coefficient (Wildman–Crippen LogP) is 3.44. The Morgan fingerprint density at radius 2 is 2.16 bits per heavy atom. The lowest BCUT2D eigenvalue weighted by Crippen LogP contribution is -2.23. The standard InChI is InChI=1S/C15H21N3S/c1-4-16-15(8-7-13-6-5-9-19-13)14-10-11(2)17-18-12(14)3/h5-6,9-10,15-16H,4,7-8H2,1-3H3. The number of aromatic nitrogens is 2. The van der Waals surface area contributed by atoms with E-state index in [0.29, 0.717) is 6.04 Å². The van der Waals surface area contributed by atoms with Gasteiger partial charge in [-0.2, -0.15) is 10.2 Å². The van der Waals surface area contributed by atoms with Gasteiger partial charge in [0.15, 0.2) is 0 Å². The fourth-order valence-corrected chi connectivity index (χ4v) is 3.00. The van der Waals surface area contributed by atoms with Gasteiger partial charge in [0, 0.05) is 10.9 Å². The van der Waals surface area contributed by atoms with Crippen LogP contribution in [-0.4, -0.2) is 16.7 Å². The van der Waals surface area contributed by atoms with Gasteiger partial charge >= 0.3 is 0 Å². The van der Waals surface area contributed by atoms with Crippen LogP contribution in [0, 0.1) is 13.8 Å². The third kappa shape index (κ3) is 3.85. The van der Waals surface area contributed by atoms with E-state index in [1.807, 2.05) is 25.2 Å². The highest BCUT2D eigenvalue weighted by atomic mass is 32.1. The molecule has 0 saturated carbocycles. The minimum Gasteiger partial charge on any atom is -0.310 e. The molecule has 102 valence electrons. The Morgan fingerprint density at radius 1 is 1.32 bits per heavy atom. The number of nitrogens with zero attached hydrogens (tertiary/aromatic N) is 2. The zero-order valence-corrected chi connectivity index (χ0v) is 12.6. The van der Waals surface area contributed by atoms with Crippen LogP contribution in [-0.2, 0) is 6.42 Å². The van der Waals surface area contributed by atoms with Crippen LogP contribution >= 0.6 is 11.3 Å². The summed E-state index contributed by atoms with van der Waals surface area (Å²) in [5.41, 5.74) is 3.30. The minimum absolute atomic E-state index is 0.362. The van der Waals surface area contributed by atoms with Gasteiger partial charge in [0.2, 0.25) is 0 Å². The van der Waals surface area contributed by atoms with Gasteiger partial charge in [-0.3, -0.25) is 0 Å². The maximum absolute atomic E-state index is 4.24. The molecule has 2 heterocycles. The fourth-order valence-electron chi connectivity index (χ4n) is 2.28. The molecule has 0 aliphatic rings. The molecule has 0 aliphatic carbocycles. The van der Waals surface area contributed by atoms with Crippen LogP contribution in [0.25, 0.3) is 0 Å². The second-order valence-electron chi connectivity index (χ2n) is 4.75. The van der Waals surface area contributed by atoms with Crippen molar-refractivity contribution in [2.75, 3.05) is 6.54 Å². The molecule has 4 heteroatoms. The van der Waals surface area contributed by atoms with Crippen molar-refractivity contribution in [2.24, 2.45) is 0 Å². The predicted molar refractivity (Wildman–Crippen MR) is 80.6 cm³/mol. The van der Waals surface area contributed by atoms with E-state index in [1.54, 1.807) is 0 Å². The lowest BCUT2D eigenvalue weighted by Gasteiger charge is -2.19. The summed E-state index contributed by atoms with van der Waals surface area (Å²) in [6.07, 6.45) is 2.20. The Balaban J connectivity index is 2.12. The largest absolute Gasteiger partial charge is 0.310 e. The molecule has 2 aromatic rings. The Labute approximate surface area is 119 Å². The van der Waals surface area contributed by atoms with Gasteiger partial charge in [-0.25, -0.2) is 0 Å². The molecule has 1 atom stereocenters.